The van der Waals surface area contributed by atoms with Gasteiger partial charge in [0.15, 0.2) is 5.78 Å². The number of allylic oxidation sites excluding steroid dienone is 2. The number of benzene rings is 4. The van der Waals surface area contributed by atoms with Crippen LogP contribution in [0.25, 0.3) is 0 Å². The second-order valence-electron chi connectivity index (χ2n) is 7.21. The molecule has 0 aliphatic carbocycles. The molecule has 0 unspecified atom stereocenters. The zero-order chi connectivity index (χ0) is 21.5. The molecule has 1 N–H and O–H groups in total. The van der Waals surface area contributed by atoms with Crippen LogP contribution in [0.1, 0.15) is 17.3 Å². The highest BCUT2D eigenvalue weighted by Crippen LogP contribution is 2.35. The van der Waals surface area contributed by atoms with Gasteiger partial charge in [-0.3, -0.25) is 4.79 Å². The lowest BCUT2D eigenvalue weighted by atomic mass is 10.1. The molecule has 31 heavy (non-hydrogen) atoms. The van der Waals surface area contributed by atoms with E-state index >= 15 is 0 Å². The van der Waals surface area contributed by atoms with E-state index < -0.39 is 7.92 Å². The van der Waals surface area contributed by atoms with Gasteiger partial charge in [0, 0.05) is 28.3 Å². The van der Waals surface area contributed by atoms with E-state index in [1.165, 1.54) is 15.9 Å². The van der Waals surface area contributed by atoms with Gasteiger partial charge in [0.1, 0.15) is 0 Å². The molecule has 0 atom stereocenters. The van der Waals surface area contributed by atoms with Gasteiger partial charge in [0.2, 0.25) is 0 Å². The lowest BCUT2D eigenvalue weighted by Gasteiger charge is -2.23. The minimum atomic E-state index is -0.736. The van der Waals surface area contributed by atoms with Crippen molar-refractivity contribution in [3.05, 3.63) is 133 Å². The van der Waals surface area contributed by atoms with E-state index in [0.29, 0.717) is 5.56 Å². The SMILES string of the molecule is CC(=CC(=O)c1ccccc1)Nc1ccccc1P(c1ccccc1)c1ccccc1. The van der Waals surface area contributed by atoms with Crippen LogP contribution in [0.2, 0.25) is 0 Å². The lowest BCUT2D eigenvalue weighted by Crippen LogP contribution is -2.23. The number of nitrogens with one attached hydrogen (secondary N) is 1. The maximum absolute atomic E-state index is 12.6. The molecule has 0 saturated heterocycles. The number of carbonyl (C=O) groups excluding carboxylic acids is 1. The third-order valence-corrected chi connectivity index (χ3v) is 7.41. The molecule has 0 bridgehead atoms. The smallest absolute Gasteiger partial charge is 0.187 e. The predicted octanol–water partition coefficient (Wildman–Crippen LogP) is 5.64. The summed E-state index contributed by atoms with van der Waals surface area (Å²) in [6.07, 6.45) is 1.67. The van der Waals surface area contributed by atoms with Crippen molar-refractivity contribution in [2.45, 2.75) is 6.92 Å². The summed E-state index contributed by atoms with van der Waals surface area (Å²) in [6.45, 7) is 1.94. The van der Waals surface area contributed by atoms with Crippen molar-refractivity contribution in [2.75, 3.05) is 5.32 Å². The van der Waals surface area contributed by atoms with E-state index in [2.05, 4.69) is 72.0 Å². The fraction of sp³-hybridized carbons (Fsp3) is 0.0357. The highest BCUT2D eigenvalue weighted by Gasteiger charge is 2.19. The summed E-state index contributed by atoms with van der Waals surface area (Å²) in [4.78, 5) is 12.6. The van der Waals surface area contributed by atoms with Crippen LogP contribution in [0, 0.1) is 0 Å². The Morgan fingerprint density at radius 1 is 0.677 bits per heavy atom. The number of para-hydroxylation sites is 1. The van der Waals surface area contributed by atoms with Crippen LogP contribution in [-0.4, -0.2) is 5.78 Å². The molecule has 0 amide bonds. The van der Waals surface area contributed by atoms with Gasteiger partial charge in [-0.05, 0) is 31.5 Å². The average molecular weight is 421 g/mol. The Labute approximate surface area is 185 Å². The van der Waals surface area contributed by atoms with Crippen molar-refractivity contribution in [3.63, 3.8) is 0 Å². The summed E-state index contributed by atoms with van der Waals surface area (Å²) in [7, 11) is -0.736. The maximum Gasteiger partial charge on any atom is 0.187 e. The van der Waals surface area contributed by atoms with Gasteiger partial charge in [-0.15, -0.1) is 0 Å². The number of anilines is 1. The zero-order valence-electron chi connectivity index (χ0n) is 17.4. The Morgan fingerprint density at radius 2 is 1.16 bits per heavy atom. The van der Waals surface area contributed by atoms with Crippen LogP contribution >= 0.6 is 7.92 Å². The number of rotatable bonds is 7. The third kappa shape index (κ3) is 5.17. The summed E-state index contributed by atoms with van der Waals surface area (Å²) in [5, 5.41) is 7.30. The van der Waals surface area contributed by atoms with E-state index in [1.54, 1.807) is 6.08 Å². The first-order valence-electron chi connectivity index (χ1n) is 10.3. The number of hydrogen-bond donors (Lipinski definition) is 1. The summed E-state index contributed by atoms with van der Waals surface area (Å²) in [5.74, 6) is -0.00327. The van der Waals surface area contributed by atoms with Gasteiger partial charge in [-0.25, -0.2) is 0 Å². The molecular weight excluding hydrogens is 397 g/mol. The molecule has 0 saturated carbocycles. The fourth-order valence-corrected chi connectivity index (χ4v) is 5.89. The molecule has 0 aliphatic heterocycles. The molecule has 4 aromatic rings. The molecule has 0 spiro atoms. The Bertz CT molecular complexity index is 1130. The molecule has 0 fully saturated rings. The van der Waals surface area contributed by atoms with Gasteiger partial charge in [-0.1, -0.05) is 109 Å². The molecule has 152 valence electrons. The first-order valence-corrected chi connectivity index (χ1v) is 11.6. The molecular formula is C28H24NOP. The lowest BCUT2D eigenvalue weighted by molar-refractivity contribution is 0.104. The quantitative estimate of drug-likeness (QED) is 0.238. The van der Waals surface area contributed by atoms with Crippen molar-refractivity contribution in [3.8, 4) is 0 Å². The van der Waals surface area contributed by atoms with E-state index in [4.69, 9.17) is 0 Å². The Kier molecular flexibility index (Phi) is 6.72. The molecule has 2 nitrogen and oxygen atoms in total. The van der Waals surface area contributed by atoms with E-state index in [9.17, 15) is 4.79 Å². The Balaban J connectivity index is 1.70. The molecule has 0 aliphatic rings. The Morgan fingerprint density at radius 3 is 1.74 bits per heavy atom. The van der Waals surface area contributed by atoms with Crippen molar-refractivity contribution in [2.24, 2.45) is 0 Å². The van der Waals surface area contributed by atoms with Crippen molar-refractivity contribution in [1.29, 1.82) is 0 Å². The molecule has 0 aromatic heterocycles. The zero-order valence-corrected chi connectivity index (χ0v) is 18.3. The van der Waals surface area contributed by atoms with Gasteiger partial charge in [0.05, 0.1) is 0 Å². The number of carbonyl (C=O) groups is 1. The summed E-state index contributed by atoms with van der Waals surface area (Å²) >= 11 is 0. The first-order chi connectivity index (χ1) is 15.2. The summed E-state index contributed by atoms with van der Waals surface area (Å²) in [6, 6.07) is 39.0. The van der Waals surface area contributed by atoms with E-state index in [-0.39, 0.29) is 5.78 Å². The van der Waals surface area contributed by atoms with Gasteiger partial charge < -0.3 is 5.32 Å². The predicted molar refractivity (Wildman–Crippen MR) is 133 cm³/mol. The number of hydrogen-bond acceptors (Lipinski definition) is 2. The van der Waals surface area contributed by atoms with Gasteiger partial charge in [0.25, 0.3) is 0 Å². The van der Waals surface area contributed by atoms with Crippen LogP contribution in [0.4, 0.5) is 5.69 Å². The third-order valence-electron chi connectivity index (χ3n) is 4.91. The van der Waals surface area contributed by atoms with Crippen LogP contribution in [0.3, 0.4) is 0 Å². The normalized spacial score (nSPS) is 11.4. The summed E-state index contributed by atoms with van der Waals surface area (Å²) < 4.78 is 0. The summed E-state index contributed by atoms with van der Waals surface area (Å²) in [5.41, 5.74) is 2.53. The number of ketones is 1. The molecule has 4 aromatic carbocycles. The standard InChI is InChI=1S/C28H24NOP/c1-22(21-27(30)23-13-5-2-6-14-23)29-26-19-11-12-20-28(26)31(24-15-7-3-8-16-24)25-17-9-4-10-18-25/h2-21,29H,1H3. The van der Waals surface area contributed by atoms with Crippen LogP contribution in [0.5, 0.6) is 0 Å². The van der Waals surface area contributed by atoms with Gasteiger partial charge in [-0.2, -0.15) is 0 Å². The highest BCUT2D eigenvalue weighted by atomic mass is 31.1. The van der Waals surface area contributed by atoms with Crippen molar-refractivity contribution in [1.82, 2.24) is 0 Å². The van der Waals surface area contributed by atoms with Gasteiger partial charge >= 0.3 is 0 Å². The van der Waals surface area contributed by atoms with Crippen LogP contribution in [-0.2, 0) is 0 Å². The topological polar surface area (TPSA) is 29.1 Å². The monoisotopic (exact) mass is 421 g/mol. The molecule has 0 radical (unpaired) electrons. The fourth-order valence-electron chi connectivity index (χ4n) is 3.49. The minimum absolute atomic E-state index is 0.00327. The average Bonchev–Trinajstić information content (AvgIpc) is 2.82. The van der Waals surface area contributed by atoms with E-state index in [0.717, 1.165) is 11.4 Å². The first kappa shape index (κ1) is 20.8. The Hall–Kier alpha value is -3.48. The minimum Gasteiger partial charge on any atom is -0.358 e. The highest BCUT2D eigenvalue weighted by molar-refractivity contribution is 7.80. The van der Waals surface area contributed by atoms with Crippen LogP contribution < -0.4 is 21.2 Å². The molecule has 0 heterocycles. The molecule has 3 heteroatoms. The van der Waals surface area contributed by atoms with Crippen LogP contribution in [0.15, 0.2) is 127 Å². The van der Waals surface area contributed by atoms with E-state index in [1.807, 2.05) is 55.5 Å². The maximum atomic E-state index is 12.6. The van der Waals surface area contributed by atoms with Crippen molar-refractivity contribution < 1.29 is 4.79 Å². The second-order valence-corrected chi connectivity index (χ2v) is 9.39. The largest absolute Gasteiger partial charge is 0.358 e. The molecule has 4 rings (SSSR count). The second kappa shape index (κ2) is 10.0. The van der Waals surface area contributed by atoms with Crippen molar-refractivity contribution >= 4 is 35.3 Å².